The van der Waals surface area contributed by atoms with Crippen molar-refractivity contribution in [2.45, 2.75) is 113 Å². The summed E-state index contributed by atoms with van der Waals surface area (Å²) in [5, 5.41) is 35.0. The molecule has 19 heteroatoms. The molecular formula is C53H61F4N7O8. The van der Waals surface area contributed by atoms with Crippen molar-refractivity contribution < 1.29 is 46.8 Å². The number of nitrogens with zero attached hydrogens (tertiary/aromatic N) is 4. The maximum atomic E-state index is 13.3. The Labute approximate surface area is 413 Å². The summed E-state index contributed by atoms with van der Waals surface area (Å²) in [5.74, 6) is -0.917. The van der Waals surface area contributed by atoms with Crippen LogP contribution in [0.4, 0.5) is 17.6 Å². The number of carbonyl (C=O) groups is 2. The summed E-state index contributed by atoms with van der Waals surface area (Å²) in [6.07, 6.45) is 4.07. The van der Waals surface area contributed by atoms with Crippen molar-refractivity contribution in [1.29, 1.82) is 0 Å². The van der Waals surface area contributed by atoms with Crippen LogP contribution < -0.4 is 16.7 Å². The van der Waals surface area contributed by atoms with Crippen molar-refractivity contribution in [1.82, 2.24) is 34.8 Å². The minimum Gasteiger partial charge on any atom is -0.388 e. The number of aliphatic hydroxyl groups is 2. The van der Waals surface area contributed by atoms with Gasteiger partial charge in [-0.15, -0.1) is 0 Å². The minimum atomic E-state index is -1.30. The smallest absolute Gasteiger partial charge is 0.344 e. The first-order valence-electron chi connectivity index (χ1n) is 23.9. The van der Waals surface area contributed by atoms with Gasteiger partial charge in [-0.25, -0.2) is 37.3 Å². The number of H-pyrrole nitrogens is 2. The van der Waals surface area contributed by atoms with Crippen LogP contribution in [0.1, 0.15) is 109 Å². The molecule has 15 nitrogen and oxygen atoms in total. The van der Waals surface area contributed by atoms with Crippen molar-refractivity contribution in [3.63, 3.8) is 0 Å². The molecule has 0 amide bonds. The number of hydrogen-bond donors (Lipinski definition) is 5. The molecule has 0 bridgehead atoms. The molecule has 0 unspecified atom stereocenters. The number of hydrogen-bond acceptors (Lipinski definition) is 11. The standard InChI is InChI=1S/C27H31F2N3O4.C26H30F2N4O4/c1-19(22-12-20(14-28)11-21(13-22)15-29)36-17-26(23-5-3-2-4-6-23)7-9-27(10-8-26,24(34)16-33)32-18-30-31-25(32)35;1-18(21-10-19(12-27)9-20(11-21)13-28)36-16-25(22-5-3-2-4-6-22)7-8-26(15-29-25,23(34)14-33)32-17-30-31-24(32)35/h2-6,11-13,18-19,33H,7-10,14-17H2,1H3,(H,31,35);2-6,9-11,17-18,29,33H,7-8,12-16H2,1H3,(H,31,35)/t19-,26?,27?;18-,25-,26+/m11/s1. The molecule has 2 fully saturated rings. The van der Waals surface area contributed by atoms with Gasteiger partial charge in [0.25, 0.3) is 0 Å². The number of alkyl halides is 4. The number of carbonyl (C=O) groups excluding carboxylic acids is 2. The molecule has 5 N–H and O–H groups in total. The van der Waals surface area contributed by atoms with Crippen LogP contribution in [0.5, 0.6) is 0 Å². The molecule has 1 aliphatic heterocycles. The number of ether oxygens (including phenoxy) is 2. The molecule has 2 aromatic heterocycles. The van der Waals surface area contributed by atoms with E-state index >= 15 is 0 Å². The quantitative estimate of drug-likeness (QED) is 0.0499. The number of nitrogens with one attached hydrogen (secondary N) is 3. The Morgan fingerprint density at radius 1 is 0.597 bits per heavy atom. The zero-order valence-corrected chi connectivity index (χ0v) is 40.3. The highest BCUT2D eigenvalue weighted by Crippen LogP contribution is 2.47. The van der Waals surface area contributed by atoms with Gasteiger partial charge in [-0.05, 0) is 96.9 Å². The Morgan fingerprint density at radius 2 is 1.01 bits per heavy atom. The molecular weight excluding hydrogens is 939 g/mol. The van der Waals surface area contributed by atoms with Gasteiger partial charge in [0.15, 0.2) is 11.6 Å². The molecule has 0 spiro atoms. The molecule has 8 rings (SSSR count). The van der Waals surface area contributed by atoms with Crippen LogP contribution in [0, 0.1) is 0 Å². The molecule has 72 heavy (non-hydrogen) atoms. The van der Waals surface area contributed by atoms with E-state index in [0.29, 0.717) is 72.1 Å². The van der Waals surface area contributed by atoms with Crippen LogP contribution in [0.15, 0.2) is 119 Å². The number of rotatable bonds is 20. The Hall–Kier alpha value is -6.38. The summed E-state index contributed by atoms with van der Waals surface area (Å²) in [4.78, 5) is 50.5. The van der Waals surface area contributed by atoms with Gasteiger partial charge in [-0.1, -0.05) is 97.1 Å². The predicted octanol–water partition coefficient (Wildman–Crippen LogP) is 6.88. The van der Waals surface area contributed by atoms with Crippen molar-refractivity contribution in [2.75, 3.05) is 33.0 Å². The number of ketones is 2. The lowest BCUT2D eigenvalue weighted by atomic mass is 9.63. The van der Waals surface area contributed by atoms with Crippen LogP contribution in [0.3, 0.4) is 0 Å². The molecule has 1 saturated heterocycles. The van der Waals surface area contributed by atoms with Gasteiger partial charge < -0.3 is 25.0 Å². The second-order valence-corrected chi connectivity index (χ2v) is 18.8. The molecule has 4 aromatic carbocycles. The molecule has 4 atom stereocenters. The van der Waals surface area contributed by atoms with Gasteiger partial charge in [0.2, 0.25) is 0 Å². The number of aliphatic hydroxyl groups excluding tert-OH is 2. The third kappa shape index (κ3) is 11.1. The largest absolute Gasteiger partial charge is 0.388 e. The number of aromatic amines is 2. The Kier molecular flexibility index (Phi) is 17.4. The number of piperidine rings is 1. The SMILES string of the molecule is C[C@@H](OCC1(c2ccccc2)CCC(C(=O)CO)(n2cn[nH]c2=O)CC1)c1cc(CF)cc(CF)c1.C[C@@H](OC[C@@]1(c2ccccc2)CC[C@](C(=O)CO)(n2cn[nH]c2=O)CN1)c1cc(CF)cc(CF)c1. The normalized spacial score (nSPS) is 22.9. The van der Waals surface area contributed by atoms with Crippen LogP contribution in [0.2, 0.25) is 0 Å². The molecule has 3 heterocycles. The van der Waals surface area contributed by atoms with E-state index in [1.54, 1.807) is 24.3 Å². The summed E-state index contributed by atoms with van der Waals surface area (Å²) in [6, 6.07) is 29.2. The van der Waals surface area contributed by atoms with E-state index in [4.69, 9.17) is 9.47 Å². The first-order chi connectivity index (χ1) is 34.7. The number of Topliss-reactive ketones (excluding diaryl/α,β-unsaturated/α-hetero) is 2. The molecule has 2 aliphatic rings. The van der Waals surface area contributed by atoms with Crippen molar-refractivity contribution >= 4 is 11.6 Å². The van der Waals surface area contributed by atoms with E-state index in [2.05, 4.69) is 25.7 Å². The van der Waals surface area contributed by atoms with Gasteiger partial charge in [0.1, 0.15) is 63.6 Å². The van der Waals surface area contributed by atoms with E-state index in [-0.39, 0.29) is 19.6 Å². The third-order valence-electron chi connectivity index (χ3n) is 14.7. The number of benzene rings is 4. The second-order valence-electron chi connectivity index (χ2n) is 18.8. The first-order valence-corrected chi connectivity index (χ1v) is 23.9. The Morgan fingerprint density at radius 3 is 1.42 bits per heavy atom. The fourth-order valence-electron chi connectivity index (χ4n) is 10.3. The topological polar surface area (TPSA) is 206 Å². The highest BCUT2D eigenvalue weighted by Gasteiger charge is 2.51. The summed E-state index contributed by atoms with van der Waals surface area (Å²) in [7, 11) is 0. The predicted molar refractivity (Wildman–Crippen MR) is 259 cm³/mol. The molecule has 0 radical (unpaired) electrons. The van der Waals surface area contributed by atoms with Crippen molar-refractivity contribution in [2.24, 2.45) is 0 Å². The minimum absolute atomic E-state index is 0.0712. The van der Waals surface area contributed by atoms with Crippen molar-refractivity contribution in [3.05, 3.63) is 175 Å². The van der Waals surface area contributed by atoms with Gasteiger partial charge >= 0.3 is 11.4 Å². The molecule has 1 aliphatic carbocycles. The average molecular weight is 1000 g/mol. The fraction of sp³-hybridized carbons (Fsp3) is 0.434. The Balaban J connectivity index is 0.000000211. The van der Waals surface area contributed by atoms with E-state index in [0.717, 1.165) is 11.1 Å². The highest BCUT2D eigenvalue weighted by atomic mass is 19.1. The third-order valence-corrected chi connectivity index (χ3v) is 14.7. The lowest BCUT2D eigenvalue weighted by Crippen LogP contribution is -2.63. The number of aromatic nitrogens is 6. The van der Waals surface area contributed by atoms with Gasteiger partial charge in [-0.3, -0.25) is 18.7 Å². The van der Waals surface area contributed by atoms with Crippen LogP contribution >= 0.6 is 0 Å². The summed E-state index contributed by atoms with van der Waals surface area (Å²) < 4.78 is 68.4. The van der Waals surface area contributed by atoms with Crippen molar-refractivity contribution in [3.8, 4) is 0 Å². The zero-order valence-electron chi connectivity index (χ0n) is 40.3. The molecule has 6 aromatic rings. The lowest BCUT2D eigenvalue weighted by molar-refractivity contribution is -0.134. The highest BCUT2D eigenvalue weighted by molar-refractivity contribution is 5.88. The van der Waals surface area contributed by atoms with Gasteiger partial charge in [0, 0.05) is 12.0 Å². The fourth-order valence-corrected chi connectivity index (χ4v) is 10.3. The zero-order chi connectivity index (χ0) is 51.5. The average Bonchev–Trinajstić information content (AvgIpc) is 4.09. The molecule has 384 valence electrons. The maximum absolute atomic E-state index is 13.3. The summed E-state index contributed by atoms with van der Waals surface area (Å²) >= 11 is 0. The van der Waals surface area contributed by atoms with Crippen LogP contribution in [-0.4, -0.2) is 84.3 Å². The maximum Gasteiger partial charge on any atom is 0.344 e. The summed E-state index contributed by atoms with van der Waals surface area (Å²) in [6.45, 7) is 0.108. The number of halogens is 4. The second kappa shape index (κ2) is 23.4. The Bertz CT molecular complexity index is 2620. The van der Waals surface area contributed by atoms with Gasteiger partial charge in [0.05, 0.1) is 31.0 Å². The first kappa shape index (κ1) is 53.4. The van der Waals surface area contributed by atoms with E-state index in [1.807, 2.05) is 74.5 Å². The van der Waals surface area contributed by atoms with Gasteiger partial charge in [-0.2, -0.15) is 10.2 Å². The summed E-state index contributed by atoms with van der Waals surface area (Å²) in [5.41, 5.74) is 0.272. The van der Waals surface area contributed by atoms with Crippen LogP contribution in [0.25, 0.3) is 0 Å². The van der Waals surface area contributed by atoms with Crippen LogP contribution in [-0.2, 0) is 67.8 Å². The van der Waals surface area contributed by atoms with E-state index in [9.17, 15) is 47.0 Å². The molecule has 1 saturated carbocycles. The van der Waals surface area contributed by atoms with E-state index in [1.165, 1.54) is 33.9 Å². The van der Waals surface area contributed by atoms with E-state index < -0.39 is 97.1 Å². The lowest BCUT2D eigenvalue weighted by Gasteiger charge is -2.47. The monoisotopic (exact) mass is 999 g/mol.